The molecule has 16 heavy (non-hydrogen) atoms. The maximum atomic E-state index is 11.8. The summed E-state index contributed by atoms with van der Waals surface area (Å²) in [6, 6.07) is 0. The molecule has 90 valence electrons. The summed E-state index contributed by atoms with van der Waals surface area (Å²) in [6.45, 7) is 8.46. The fraction of sp³-hybridized carbons (Fsp3) is 0.667. The summed E-state index contributed by atoms with van der Waals surface area (Å²) < 4.78 is 0.932. The minimum atomic E-state index is -0.0234. The van der Waals surface area contributed by atoms with Gasteiger partial charge in [0.15, 0.2) is 0 Å². The van der Waals surface area contributed by atoms with Gasteiger partial charge in [-0.3, -0.25) is 4.79 Å². The normalized spacial score (nSPS) is 11.4. The molecule has 0 aromatic carbocycles. The number of aromatic nitrogens is 2. The predicted octanol–water partition coefficient (Wildman–Crippen LogP) is 2.77. The zero-order chi connectivity index (χ0) is 12.3. The van der Waals surface area contributed by atoms with Crippen LogP contribution in [0.15, 0.2) is 4.79 Å². The molecule has 1 heterocycles. The Labute approximate surface area is 110 Å². The van der Waals surface area contributed by atoms with Crippen LogP contribution in [0.25, 0.3) is 0 Å². The highest BCUT2D eigenvalue weighted by atomic mass is 127. The van der Waals surface area contributed by atoms with E-state index in [1.165, 1.54) is 0 Å². The summed E-state index contributed by atoms with van der Waals surface area (Å²) in [5.74, 6) is 0.988. The van der Waals surface area contributed by atoms with Crippen molar-refractivity contribution in [1.82, 2.24) is 9.97 Å². The standard InChI is InChI=1S/C12H19IN2O/c1-7(2)5-9-11(13)14-10(6-8(3)4)12(16)15-9/h7-8H,5-6H2,1-4H3,(H,15,16). The van der Waals surface area contributed by atoms with E-state index in [0.29, 0.717) is 17.5 Å². The molecule has 0 aliphatic carbocycles. The lowest BCUT2D eigenvalue weighted by molar-refractivity contribution is 0.608. The third-order valence-electron chi connectivity index (χ3n) is 2.22. The molecule has 1 aromatic rings. The van der Waals surface area contributed by atoms with E-state index in [1.54, 1.807) is 0 Å². The number of rotatable bonds is 4. The van der Waals surface area contributed by atoms with Crippen molar-refractivity contribution in [2.75, 3.05) is 0 Å². The Balaban J connectivity index is 3.02. The van der Waals surface area contributed by atoms with Gasteiger partial charge in [-0.05, 0) is 47.3 Å². The molecule has 1 aromatic heterocycles. The quantitative estimate of drug-likeness (QED) is 0.861. The van der Waals surface area contributed by atoms with Gasteiger partial charge in [-0.1, -0.05) is 27.7 Å². The second kappa shape index (κ2) is 5.80. The number of aromatic amines is 1. The first kappa shape index (κ1) is 13.7. The highest BCUT2D eigenvalue weighted by Gasteiger charge is 2.10. The lowest BCUT2D eigenvalue weighted by Gasteiger charge is -2.09. The molecule has 0 atom stereocenters. The van der Waals surface area contributed by atoms with Gasteiger partial charge in [0.1, 0.15) is 9.39 Å². The largest absolute Gasteiger partial charge is 0.322 e. The van der Waals surface area contributed by atoms with E-state index in [-0.39, 0.29) is 5.56 Å². The van der Waals surface area contributed by atoms with Gasteiger partial charge in [-0.15, -0.1) is 0 Å². The fourth-order valence-corrected chi connectivity index (χ4v) is 2.21. The highest BCUT2D eigenvalue weighted by Crippen LogP contribution is 2.11. The van der Waals surface area contributed by atoms with E-state index in [0.717, 1.165) is 22.2 Å². The van der Waals surface area contributed by atoms with Crippen LogP contribution in [0.5, 0.6) is 0 Å². The molecule has 0 saturated carbocycles. The number of H-pyrrole nitrogens is 1. The Kier molecular flexibility index (Phi) is 4.95. The van der Waals surface area contributed by atoms with Crippen LogP contribution in [0.2, 0.25) is 0 Å². The van der Waals surface area contributed by atoms with Crippen molar-refractivity contribution < 1.29 is 0 Å². The number of hydrogen-bond acceptors (Lipinski definition) is 2. The van der Waals surface area contributed by atoms with Gasteiger partial charge in [-0.2, -0.15) is 0 Å². The summed E-state index contributed by atoms with van der Waals surface area (Å²) in [5, 5.41) is 0. The van der Waals surface area contributed by atoms with Crippen LogP contribution < -0.4 is 5.56 Å². The van der Waals surface area contributed by atoms with Gasteiger partial charge in [0.05, 0.1) is 5.69 Å². The van der Waals surface area contributed by atoms with E-state index >= 15 is 0 Å². The van der Waals surface area contributed by atoms with E-state index in [2.05, 4.69) is 60.3 Å². The maximum absolute atomic E-state index is 11.8. The lowest BCUT2D eigenvalue weighted by Crippen LogP contribution is -2.21. The molecule has 0 aliphatic rings. The van der Waals surface area contributed by atoms with Crippen molar-refractivity contribution in [2.45, 2.75) is 40.5 Å². The number of nitrogens with one attached hydrogen (secondary N) is 1. The Morgan fingerprint density at radius 3 is 2.25 bits per heavy atom. The third kappa shape index (κ3) is 3.88. The first-order chi connectivity index (χ1) is 7.40. The van der Waals surface area contributed by atoms with Crippen LogP contribution in [-0.2, 0) is 12.8 Å². The molecule has 1 rings (SSSR count). The fourth-order valence-electron chi connectivity index (χ4n) is 1.57. The molecule has 0 spiro atoms. The second-order valence-corrected chi connectivity index (χ2v) is 6.00. The molecule has 0 fully saturated rings. The molecule has 3 nitrogen and oxygen atoms in total. The van der Waals surface area contributed by atoms with Crippen LogP contribution >= 0.6 is 22.6 Å². The van der Waals surface area contributed by atoms with Gasteiger partial charge in [0.25, 0.3) is 5.56 Å². The molecule has 0 saturated heterocycles. The molecule has 4 heteroatoms. The molecular weight excluding hydrogens is 315 g/mol. The van der Waals surface area contributed by atoms with Crippen LogP contribution in [0.3, 0.4) is 0 Å². The minimum Gasteiger partial charge on any atom is -0.322 e. The van der Waals surface area contributed by atoms with Gasteiger partial charge >= 0.3 is 0 Å². The molecule has 0 bridgehead atoms. The summed E-state index contributed by atoms with van der Waals surface area (Å²) in [6.07, 6.45) is 1.62. The van der Waals surface area contributed by atoms with Gasteiger partial charge < -0.3 is 4.98 Å². The van der Waals surface area contributed by atoms with Gasteiger partial charge in [0, 0.05) is 0 Å². The highest BCUT2D eigenvalue weighted by molar-refractivity contribution is 14.1. The van der Waals surface area contributed by atoms with Crippen molar-refractivity contribution in [3.8, 4) is 0 Å². The molecule has 1 N–H and O–H groups in total. The first-order valence-electron chi connectivity index (χ1n) is 5.67. The van der Waals surface area contributed by atoms with Crippen molar-refractivity contribution in [3.05, 3.63) is 25.4 Å². The predicted molar refractivity (Wildman–Crippen MR) is 74.7 cm³/mol. The molecule has 0 amide bonds. The van der Waals surface area contributed by atoms with Crippen LogP contribution in [0.4, 0.5) is 0 Å². The average molecular weight is 334 g/mol. The first-order valence-corrected chi connectivity index (χ1v) is 6.75. The molecule has 0 unspecified atom stereocenters. The Morgan fingerprint density at radius 2 is 1.75 bits per heavy atom. The van der Waals surface area contributed by atoms with Crippen molar-refractivity contribution in [2.24, 2.45) is 11.8 Å². The van der Waals surface area contributed by atoms with Crippen molar-refractivity contribution >= 4 is 22.6 Å². The summed E-state index contributed by atoms with van der Waals surface area (Å²) in [4.78, 5) is 19.2. The average Bonchev–Trinajstić information content (AvgIpc) is 2.11. The number of hydrogen-bond donors (Lipinski definition) is 1. The zero-order valence-corrected chi connectivity index (χ0v) is 12.5. The minimum absolute atomic E-state index is 0.0234. The Morgan fingerprint density at radius 1 is 1.19 bits per heavy atom. The van der Waals surface area contributed by atoms with E-state index in [9.17, 15) is 4.79 Å². The zero-order valence-electron chi connectivity index (χ0n) is 10.3. The van der Waals surface area contributed by atoms with Crippen LogP contribution in [-0.4, -0.2) is 9.97 Å². The van der Waals surface area contributed by atoms with Gasteiger partial charge in [-0.25, -0.2) is 4.98 Å². The second-order valence-electron chi connectivity index (χ2n) is 4.98. The monoisotopic (exact) mass is 334 g/mol. The van der Waals surface area contributed by atoms with Crippen molar-refractivity contribution in [1.29, 1.82) is 0 Å². The molecule has 0 radical (unpaired) electrons. The molecule has 0 aliphatic heterocycles. The van der Waals surface area contributed by atoms with Crippen molar-refractivity contribution in [3.63, 3.8) is 0 Å². The Bertz CT molecular complexity index is 410. The number of nitrogens with zero attached hydrogens (tertiary/aromatic N) is 1. The van der Waals surface area contributed by atoms with E-state index in [1.807, 2.05) is 0 Å². The smallest absolute Gasteiger partial charge is 0.269 e. The summed E-state index contributed by atoms with van der Waals surface area (Å²) in [7, 11) is 0. The Hall–Kier alpha value is -0.390. The number of halogens is 1. The lowest BCUT2D eigenvalue weighted by atomic mass is 10.1. The van der Waals surface area contributed by atoms with Gasteiger partial charge in [0.2, 0.25) is 0 Å². The SMILES string of the molecule is CC(C)Cc1[nH]c(=O)c(CC(C)C)nc1I. The molecular formula is C12H19IN2O. The van der Waals surface area contributed by atoms with Crippen LogP contribution in [0.1, 0.15) is 39.1 Å². The summed E-state index contributed by atoms with van der Waals surface area (Å²) in [5.41, 5.74) is 1.60. The third-order valence-corrected chi connectivity index (χ3v) is 3.11. The van der Waals surface area contributed by atoms with E-state index in [4.69, 9.17) is 0 Å². The van der Waals surface area contributed by atoms with E-state index < -0.39 is 0 Å². The summed E-state index contributed by atoms with van der Waals surface area (Å²) >= 11 is 2.20. The topological polar surface area (TPSA) is 45.8 Å². The maximum Gasteiger partial charge on any atom is 0.269 e. The van der Waals surface area contributed by atoms with Crippen LogP contribution in [0, 0.1) is 15.5 Å².